The number of rotatable bonds is 4. The summed E-state index contributed by atoms with van der Waals surface area (Å²) in [5.41, 5.74) is 10.4. The van der Waals surface area contributed by atoms with Gasteiger partial charge in [0.05, 0.1) is 30.2 Å². The Bertz CT molecular complexity index is 1110. The largest absolute Gasteiger partial charge is 0.497 e. The molecule has 3 aromatic rings. The van der Waals surface area contributed by atoms with E-state index < -0.39 is 6.04 Å². The molecule has 0 spiro atoms. The van der Waals surface area contributed by atoms with Gasteiger partial charge in [0.25, 0.3) is 5.91 Å². The van der Waals surface area contributed by atoms with Crippen LogP contribution in [0, 0.1) is 0 Å². The molecular weight excluding hydrogens is 380 g/mol. The molecule has 2 heterocycles. The number of anilines is 2. The number of methoxy groups -OCH3 is 1. The summed E-state index contributed by atoms with van der Waals surface area (Å²) in [5, 5.41) is 2.86. The highest BCUT2D eigenvalue weighted by Gasteiger charge is 2.32. The summed E-state index contributed by atoms with van der Waals surface area (Å²) in [6.45, 7) is 0. The van der Waals surface area contributed by atoms with Gasteiger partial charge in [-0.15, -0.1) is 0 Å². The number of nitrogen functional groups attached to an aromatic ring is 1. The molecule has 0 saturated heterocycles. The Hall–Kier alpha value is -3.87. The lowest BCUT2D eigenvalue weighted by Crippen LogP contribution is -2.45. The van der Waals surface area contributed by atoms with Gasteiger partial charge >= 0.3 is 0 Å². The molecule has 1 aromatic heterocycles. The number of nitrogens with zero attached hydrogens (tertiary/aromatic N) is 2. The number of fused-ring (bicyclic) bond motifs is 1. The predicted octanol–water partition coefficient (Wildman–Crippen LogP) is 2.66. The Kier molecular flexibility index (Phi) is 5.10. The summed E-state index contributed by atoms with van der Waals surface area (Å²) in [6, 6.07) is 14.1. The summed E-state index contributed by atoms with van der Waals surface area (Å²) in [6.07, 6.45) is 3.69. The second kappa shape index (κ2) is 7.87. The van der Waals surface area contributed by atoms with Gasteiger partial charge in [-0.1, -0.05) is 24.3 Å². The summed E-state index contributed by atoms with van der Waals surface area (Å²) in [7, 11) is 3.22. The van der Waals surface area contributed by atoms with Crippen molar-refractivity contribution in [3.05, 3.63) is 72.1 Å². The number of carbonyl (C=O) groups is 2. The molecule has 2 aromatic carbocycles. The van der Waals surface area contributed by atoms with Gasteiger partial charge in [-0.05, 0) is 35.4 Å². The van der Waals surface area contributed by atoms with E-state index in [0.29, 0.717) is 29.1 Å². The Morgan fingerprint density at radius 1 is 1.10 bits per heavy atom. The van der Waals surface area contributed by atoms with Crippen LogP contribution in [0.4, 0.5) is 11.4 Å². The molecule has 0 aliphatic carbocycles. The Morgan fingerprint density at radius 2 is 1.87 bits per heavy atom. The van der Waals surface area contributed by atoms with Crippen molar-refractivity contribution in [1.82, 2.24) is 10.3 Å². The first-order chi connectivity index (χ1) is 14.5. The number of carbonyl (C=O) groups excluding carboxylic acids is 2. The first-order valence-electron chi connectivity index (χ1n) is 9.53. The van der Waals surface area contributed by atoms with Crippen LogP contribution >= 0.6 is 0 Å². The summed E-state index contributed by atoms with van der Waals surface area (Å²) >= 11 is 0. The first kappa shape index (κ1) is 19.4. The average molecular weight is 402 g/mol. The Labute approximate surface area is 174 Å². The maximum Gasteiger partial charge on any atom is 0.254 e. The van der Waals surface area contributed by atoms with Crippen molar-refractivity contribution in [1.29, 1.82) is 0 Å². The third-order valence-electron chi connectivity index (χ3n) is 5.30. The third kappa shape index (κ3) is 3.57. The normalized spacial score (nSPS) is 15.9. The lowest BCUT2D eigenvalue weighted by molar-refractivity contribution is -0.120. The molecule has 152 valence electrons. The zero-order valence-corrected chi connectivity index (χ0v) is 16.8. The highest BCUT2D eigenvalue weighted by Crippen LogP contribution is 2.29. The van der Waals surface area contributed by atoms with Crippen LogP contribution in [-0.4, -0.2) is 37.0 Å². The van der Waals surface area contributed by atoms with Crippen molar-refractivity contribution in [2.75, 3.05) is 24.8 Å². The first-order valence-corrected chi connectivity index (χ1v) is 9.53. The monoisotopic (exact) mass is 402 g/mol. The van der Waals surface area contributed by atoms with E-state index in [1.54, 1.807) is 37.6 Å². The molecule has 7 heteroatoms. The quantitative estimate of drug-likeness (QED) is 0.699. The topological polar surface area (TPSA) is 97.5 Å². The summed E-state index contributed by atoms with van der Waals surface area (Å²) in [4.78, 5) is 31.3. The highest BCUT2D eigenvalue weighted by molar-refractivity contribution is 6.11. The number of nitrogens with one attached hydrogen (secondary N) is 1. The zero-order chi connectivity index (χ0) is 21.3. The van der Waals surface area contributed by atoms with Crippen molar-refractivity contribution in [2.45, 2.75) is 12.5 Å². The molecule has 7 nitrogen and oxygen atoms in total. The van der Waals surface area contributed by atoms with Gasteiger partial charge in [0.15, 0.2) is 0 Å². The molecule has 4 rings (SSSR count). The van der Waals surface area contributed by atoms with E-state index in [1.807, 2.05) is 30.3 Å². The summed E-state index contributed by atoms with van der Waals surface area (Å²) in [5.74, 6) is 0.0941. The minimum Gasteiger partial charge on any atom is -0.497 e. The molecule has 2 amide bonds. The maximum absolute atomic E-state index is 13.0. The van der Waals surface area contributed by atoms with Crippen LogP contribution in [-0.2, 0) is 11.2 Å². The fourth-order valence-electron chi connectivity index (χ4n) is 3.63. The lowest BCUT2D eigenvalue weighted by Gasteiger charge is -2.21. The molecule has 0 saturated carbocycles. The number of nitrogens with two attached hydrogens (primary N) is 1. The number of hydrogen-bond donors (Lipinski definition) is 2. The van der Waals surface area contributed by atoms with Crippen LogP contribution in [0.1, 0.15) is 15.9 Å². The van der Waals surface area contributed by atoms with Gasteiger partial charge in [0.1, 0.15) is 11.8 Å². The molecule has 1 atom stereocenters. The minimum absolute atomic E-state index is 0.172. The van der Waals surface area contributed by atoms with E-state index in [0.717, 1.165) is 16.7 Å². The van der Waals surface area contributed by atoms with E-state index in [1.165, 1.54) is 12.0 Å². The van der Waals surface area contributed by atoms with Crippen LogP contribution in [0.25, 0.3) is 11.1 Å². The Morgan fingerprint density at radius 3 is 2.57 bits per heavy atom. The van der Waals surface area contributed by atoms with Gasteiger partial charge in [-0.2, -0.15) is 0 Å². The van der Waals surface area contributed by atoms with Crippen molar-refractivity contribution in [3.63, 3.8) is 0 Å². The van der Waals surface area contributed by atoms with Gasteiger partial charge in [0.2, 0.25) is 5.91 Å². The molecule has 30 heavy (non-hydrogen) atoms. The third-order valence-corrected chi connectivity index (χ3v) is 5.30. The van der Waals surface area contributed by atoms with E-state index in [4.69, 9.17) is 10.5 Å². The van der Waals surface area contributed by atoms with Crippen molar-refractivity contribution in [2.24, 2.45) is 0 Å². The van der Waals surface area contributed by atoms with Crippen LogP contribution in [0.5, 0.6) is 5.75 Å². The standard InChI is InChI=1S/C23H22N4O3/c1-27-21-8-7-16(30-2)12-18(21)22(28)26-20(23(27)29)11-14-3-5-15(6-4-14)17-9-10-25-13-19(17)24/h3-10,12-13,20H,11,24H2,1-2H3,(H,26,28). The number of hydrogen-bond acceptors (Lipinski definition) is 5. The van der Waals surface area contributed by atoms with E-state index in [9.17, 15) is 9.59 Å². The van der Waals surface area contributed by atoms with Crippen LogP contribution in [0.3, 0.4) is 0 Å². The van der Waals surface area contributed by atoms with Crippen molar-refractivity contribution < 1.29 is 14.3 Å². The van der Waals surface area contributed by atoms with Crippen molar-refractivity contribution >= 4 is 23.2 Å². The molecule has 3 N–H and O–H groups in total. The number of ether oxygens (including phenoxy) is 1. The Balaban J connectivity index is 1.57. The molecular formula is C23H22N4O3. The number of amides is 2. The molecule has 1 aliphatic heterocycles. The predicted molar refractivity (Wildman–Crippen MR) is 115 cm³/mol. The molecule has 0 fully saturated rings. The van der Waals surface area contributed by atoms with Gasteiger partial charge < -0.3 is 20.7 Å². The number of aromatic nitrogens is 1. The molecule has 1 unspecified atom stereocenters. The number of likely N-dealkylation sites (N-methyl/N-ethyl adjacent to an activating group) is 1. The fraction of sp³-hybridized carbons (Fsp3) is 0.174. The number of benzene rings is 2. The smallest absolute Gasteiger partial charge is 0.254 e. The van der Waals surface area contributed by atoms with E-state index >= 15 is 0 Å². The van der Waals surface area contributed by atoms with Crippen LogP contribution in [0.2, 0.25) is 0 Å². The van der Waals surface area contributed by atoms with E-state index in [-0.39, 0.29) is 11.8 Å². The van der Waals surface area contributed by atoms with Crippen molar-refractivity contribution in [3.8, 4) is 16.9 Å². The number of pyridine rings is 1. The zero-order valence-electron chi connectivity index (χ0n) is 16.8. The molecule has 0 bridgehead atoms. The molecule has 1 aliphatic rings. The average Bonchev–Trinajstić information content (AvgIpc) is 2.85. The van der Waals surface area contributed by atoms with Crippen LogP contribution in [0.15, 0.2) is 60.9 Å². The highest BCUT2D eigenvalue weighted by atomic mass is 16.5. The fourth-order valence-corrected chi connectivity index (χ4v) is 3.63. The SMILES string of the molecule is COc1ccc2c(c1)C(=O)NC(Cc1ccc(-c3ccncc3N)cc1)C(=O)N2C. The van der Waals surface area contributed by atoms with Crippen LogP contribution < -0.4 is 20.7 Å². The maximum atomic E-state index is 13.0. The van der Waals surface area contributed by atoms with E-state index in [2.05, 4.69) is 10.3 Å². The van der Waals surface area contributed by atoms with Gasteiger partial charge in [-0.3, -0.25) is 14.6 Å². The minimum atomic E-state index is -0.669. The molecule has 0 radical (unpaired) electrons. The lowest BCUT2D eigenvalue weighted by atomic mass is 10.00. The van der Waals surface area contributed by atoms with Gasteiger partial charge in [-0.25, -0.2) is 0 Å². The van der Waals surface area contributed by atoms with Gasteiger partial charge in [0, 0.05) is 25.2 Å². The second-order valence-corrected chi connectivity index (χ2v) is 7.17. The summed E-state index contributed by atoms with van der Waals surface area (Å²) < 4.78 is 5.21. The second-order valence-electron chi connectivity index (χ2n) is 7.17.